The van der Waals surface area contributed by atoms with Gasteiger partial charge in [0.2, 0.25) is 0 Å². The molecule has 4 rings (SSSR count). The van der Waals surface area contributed by atoms with Gasteiger partial charge in [-0.1, -0.05) is 25.1 Å². The topological polar surface area (TPSA) is 42.7 Å². The van der Waals surface area contributed by atoms with E-state index in [1.54, 1.807) is 0 Å². The second kappa shape index (κ2) is 5.38. The van der Waals surface area contributed by atoms with Crippen LogP contribution in [0, 0.1) is 5.41 Å². The highest BCUT2D eigenvalue weighted by Crippen LogP contribution is 2.52. The molecule has 1 aromatic heterocycles. The van der Waals surface area contributed by atoms with Gasteiger partial charge in [0.15, 0.2) is 0 Å². The van der Waals surface area contributed by atoms with Gasteiger partial charge in [0.05, 0.1) is 18.6 Å². The molecule has 4 nitrogen and oxygen atoms in total. The second-order valence-corrected chi connectivity index (χ2v) is 6.73. The number of methoxy groups -OCH3 is 1. The van der Waals surface area contributed by atoms with E-state index in [9.17, 15) is 4.79 Å². The monoisotopic (exact) mass is 313 g/mol. The third-order valence-corrected chi connectivity index (χ3v) is 5.81. The first-order valence-electron chi connectivity index (χ1n) is 8.54. The molecule has 2 atom stereocenters. The van der Waals surface area contributed by atoms with Crippen LogP contribution in [0.2, 0.25) is 0 Å². The number of hydrogen-bond acceptors (Lipinski definition) is 4. The minimum absolute atomic E-state index is 0.00449. The molecule has 0 amide bonds. The highest BCUT2D eigenvalue weighted by atomic mass is 16.5. The van der Waals surface area contributed by atoms with Crippen LogP contribution >= 0.6 is 0 Å². The van der Waals surface area contributed by atoms with Crippen molar-refractivity contribution < 1.29 is 13.9 Å². The van der Waals surface area contributed by atoms with E-state index in [2.05, 4.69) is 24.0 Å². The van der Waals surface area contributed by atoms with Gasteiger partial charge in [-0.15, -0.1) is 0 Å². The molecule has 122 valence electrons. The fraction of sp³-hybridized carbons (Fsp3) is 0.526. The Labute approximate surface area is 136 Å². The molecule has 1 saturated heterocycles. The van der Waals surface area contributed by atoms with Crippen molar-refractivity contribution in [3.63, 3.8) is 0 Å². The zero-order valence-electron chi connectivity index (χ0n) is 13.8. The molecule has 2 aliphatic rings. The molecule has 0 aliphatic carbocycles. The van der Waals surface area contributed by atoms with Crippen LogP contribution in [0.1, 0.15) is 43.6 Å². The third-order valence-electron chi connectivity index (χ3n) is 5.81. The van der Waals surface area contributed by atoms with Crippen molar-refractivity contribution in [1.29, 1.82) is 0 Å². The van der Waals surface area contributed by atoms with E-state index in [-0.39, 0.29) is 12.0 Å². The van der Waals surface area contributed by atoms with Crippen LogP contribution in [0.3, 0.4) is 0 Å². The predicted molar refractivity (Wildman–Crippen MR) is 88.2 cm³/mol. The Bertz CT molecular complexity index is 750. The SMILES string of the molecule is CC[C@@]1(C(=O)OC)CCCN2CCc3c(oc4ccccc34)[C@@H]21. The summed E-state index contributed by atoms with van der Waals surface area (Å²) >= 11 is 0. The van der Waals surface area contributed by atoms with E-state index in [4.69, 9.17) is 9.15 Å². The molecule has 1 aromatic carbocycles. The van der Waals surface area contributed by atoms with E-state index < -0.39 is 5.41 Å². The highest BCUT2D eigenvalue weighted by molar-refractivity contribution is 5.84. The summed E-state index contributed by atoms with van der Waals surface area (Å²) in [5, 5.41) is 1.20. The molecule has 0 spiro atoms. The van der Waals surface area contributed by atoms with Crippen LogP contribution in [0.5, 0.6) is 0 Å². The first-order valence-corrected chi connectivity index (χ1v) is 8.54. The van der Waals surface area contributed by atoms with Crippen molar-refractivity contribution in [3.05, 3.63) is 35.6 Å². The van der Waals surface area contributed by atoms with Crippen molar-refractivity contribution in [2.75, 3.05) is 20.2 Å². The molecule has 0 saturated carbocycles. The first kappa shape index (κ1) is 14.8. The maximum atomic E-state index is 12.7. The number of fused-ring (bicyclic) bond motifs is 5. The minimum atomic E-state index is -0.490. The fourth-order valence-electron chi connectivity index (χ4n) is 4.65. The summed E-state index contributed by atoms with van der Waals surface area (Å²) in [6.45, 7) is 4.11. The number of hydrogen-bond donors (Lipinski definition) is 0. The van der Waals surface area contributed by atoms with Gasteiger partial charge in [0.25, 0.3) is 0 Å². The van der Waals surface area contributed by atoms with Gasteiger partial charge in [-0.3, -0.25) is 9.69 Å². The number of rotatable bonds is 2. The average Bonchev–Trinajstić information content (AvgIpc) is 2.99. The quantitative estimate of drug-likeness (QED) is 0.793. The van der Waals surface area contributed by atoms with Gasteiger partial charge >= 0.3 is 5.97 Å². The number of para-hydroxylation sites is 1. The van der Waals surface area contributed by atoms with Crippen molar-refractivity contribution in [3.8, 4) is 0 Å². The van der Waals surface area contributed by atoms with E-state index in [0.717, 1.165) is 50.1 Å². The minimum Gasteiger partial charge on any atom is -0.469 e. The Morgan fingerprint density at radius 3 is 3.00 bits per heavy atom. The van der Waals surface area contributed by atoms with Gasteiger partial charge in [0.1, 0.15) is 11.3 Å². The Kier molecular flexibility index (Phi) is 3.45. The largest absolute Gasteiger partial charge is 0.469 e. The number of furan rings is 1. The summed E-state index contributed by atoms with van der Waals surface area (Å²) in [4.78, 5) is 15.1. The van der Waals surface area contributed by atoms with Crippen molar-refractivity contribution >= 4 is 16.9 Å². The number of carbonyl (C=O) groups excluding carboxylic acids is 1. The summed E-state index contributed by atoms with van der Waals surface area (Å²) in [6.07, 6.45) is 3.67. The van der Waals surface area contributed by atoms with Crippen molar-refractivity contribution in [2.45, 2.75) is 38.6 Å². The summed E-state index contributed by atoms with van der Waals surface area (Å²) < 4.78 is 11.5. The Morgan fingerprint density at radius 1 is 1.39 bits per heavy atom. The number of esters is 1. The van der Waals surface area contributed by atoms with Crippen LogP contribution in [0.25, 0.3) is 11.0 Å². The number of nitrogens with zero attached hydrogens (tertiary/aromatic N) is 1. The van der Waals surface area contributed by atoms with Gasteiger partial charge in [-0.25, -0.2) is 0 Å². The number of ether oxygens (including phenoxy) is 1. The molecule has 2 aliphatic heterocycles. The summed E-state index contributed by atoms with van der Waals surface area (Å²) in [6, 6.07) is 8.21. The highest BCUT2D eigenvalue weighted by Gasteiger charge is 2.54. The van der Waals surface area contributed by atoms with Crippen LogP contribution < -0.4 is 0 Å². The van der Waals surface area contributed by atoms with Crippen molar-refractivity contribution in [1.82, 2.24) is 4.90 Å². The van der Waals surface area contributed by atoms with Gasteiger partial charge in [0, 0.05) is 17.5 Å². The Balaban J connectivity index is 1.92. The van der Waals surface area contributed by atoms with Crippen LogP contribution in [0.15, 0.2) is 28.7 Å². The third kappa shape index (κ3) is 1.97. The normalized spacial score (nSPS) is 27.5. The van der Waals surface area contributed by atoms with Gasteiger partial charge in [-0.05, 0) is 38.3 Å². The number of benzene rings is 1. The van der Waals surface area contributed by atoms with Crippen LogP contribution in [-0.4, -0.2) is 31.1 Å². The zero-order chi connectivity index (χ0) is 16.0. The van der Waals surface area contributed by atoms with E-state index in [1.165, 1.54) is 18.1 Å². The van der Waals surface area contributed by atoms with Gasteiger partial charge in [-0.2, -0.15) is 0 Å². The molecule has 3 heterocycles. The lowest BCUT2D eigenvalue weighted by Gasteiger charge is -2.49. The van der Waals surface area contributed by atoms with Crippen LogP contribution in [0.4, 0.5) is 0 Å². The molecule has 0 N–H and O–H groups in total. The summed E-state index contributed by atoms with van der Waals surface area (Å²) in [7, 11) is 1.50. The Hall–Kier alpha value is -1.81. The standard InChI is InChI=1S/C19H23NO3/c1-3-19(18(21)22-2)10-6-11-20-12-9-14-13-7-4-5-8-15(13)23-16(14)17(19)20/h4-5,7-8,17H,3,6,9-12H2,1-2H3/t17-,19-/m1/s1. The van der Waals surface area contributed by atoms with Crippen LogP contribution in [-0.2, 0) is 16.0 Å². The molecule has 4 heteroatoms. The molecule has 0 radical (unpaired) electrons. The molecule has 1 fully saturated rings. The van der Waals surface area contributed by atoms with Gasteiger partial charge < -0.3 is 9.15 Å². The first-order chi connectivity index (χ1) is 11.2. The maximum Gasteiger partial charge on any atom is 0.313 e. The predicted octanol–water partition coefficient (Wildman–Crippen LogP) is 3.70. The zero-order valence-corrected chi connectivity index (χ0v) is 13.8. The molecular weight excluding hydrogens is 290 g/mol. The lowest BCUT2D eigenvalue weighted by atomic mass is 9.68. The second-order valence-electron chi connectivity index (χ2n) is 6.73. The fourth-order valence-corrected chi connectivity index (χ4v) is 4.65. The average molecular weight is 313 g/mol. The number of carbonyl (C=O) groups is 1. The molecule has 2 aromatic rings. The Morgan fingerprint density at radius 2 is 2.22 bits per heavy atom. The number of piperidine rings is 1. The molecule has 0 bridgehead atoms. The smallest absolute Gasteiger partial charge is 0.313 e. The van der Waals surface area contributed by atoms with Crippen molar-refractivity contribution in [2.24, 2.45) is 5.41 Å². The van der Waals surface area contributed by atoms with E-state index >= 15 is 0 Å². The van der Waals surface area contributed by atoms with E-state index in [0.29, 0.717) is 0 Å². The van der Waals surface area contributed by atoms with E-state index in [1.807, 2.05) is 12.1 Å². The summed E-state index contributed by atoms with van der Waals surface area (Å²) in [5.74, 6) is 0.896. The lowest BCUT2D eigenvalue weighted by Crippen LogP contribution is -2.52. The maximum absolute atomic E-state index is 12.7. The molecular formula is C19H23NO3. The summed E-state index contributed by atoms with van der Waals surface area (Å²) in [5.41, 5.74) is 1.72. The lowest BCUT2D eigenvalue weighted by molar-refractivity contribution is -0.163. The molecule has 0 unspecified atom stereocenters. The molecule has 23 heavy (non-hydrogen) atoms.